The van der Waals surface area contributed by atoms with Crippen molar-refractivity contribution in [3.05, 3.63) is 53.1 Å². The fourth-order valence-corrected chi connectivity index (χ4v) is 4.40. The van der Waals surface area contributed by atoms with Gasteiger partial charge in [0, 0.05) is 25.8 Å². The number of benzene rings is 1. The number of piperidine rings is 1. The van der Waals surface area contributed by atoms with Gasteiger partial charge in [-0.2, -0.15) is 5.10 Å². The molecule has 2 heterocycles. The first-order valence-electron chi connectivity index (χ1n) is 9.45. The average molecular weight is 356 g/mol. The maximum Gasteiger partial charge on any atom is 0.271 e. The number of likely N-dealkylation sites (tertiary alicyclic amines) is 1. The third-order valence-corrected chi connectivity index (χ3v) is 5.70. The smallest absolute Gasteiger partial charge is 0.271 e. The summed E-state index contributed by atoms with van der Waals surface area (Å²) in [6, 6.07) is 7.54. The van der Waals surface area contributed by atoms with Gasteiger partial charge >= 0.3 is 0 Å². The molecule has 2 aromatic rings. The first-order valence-corrected chi connectivity index (χ1v) is 9.45. The van der Waals surface area contributed by atoms with E-state index in [-0.39, 0.29) is 23.8 Å². The highest BCUT2D eigenvalue weighted by molar-refractivity contribution is 5.91. The number of halogens is 1. The van der Waals surface area contributed by atoms with E-state index in [9.17, 15) is 9.18 Å². The van der Waals surface area contributed by atoms with Crippen LogP contribution in [0, 0.1) is 5.82 Å². The summed E-state index contributed by atoms with van der Waals surface area (Å²) >= 11 is 0. The van der Waals surface area contributed by atoms with Gasteiger partial charge in [-0.1, -0.05) is 6.07 Å². The van der Waals surface area contributed by atoms with Crippen LogP contribution in [-0.4, -0.2) is 40.7 Å². The molecule has 1 fully saturated rings. The number of nitrogens with one attached hydrogen (secondary N) is 1. The molecular formula is C20H25FN4O. The summed E-state index contributed by atoms with van der Waals surface area (Å²) in [5, 5.41) is 7.07. The molecule has 0 saturated carbocycles. The SMILES string of the molecule is CNC(=O)c1ccn([C@@H]2CCCN([C@@H]3CCCc4ccc(F)cc43)C2)n1. The lowest BCUT2D eigenvalue weighted by Crippen LogP contribution is -2.40. The third-order valence-electron chi connectivity index (χ3n) is 5.70. The number of carbonyl (C=O) groups is 1. The first-order chi connectivity index (χ1) is 12.7. The molecule has 26 heavy (non-hydrogen) atoms. The van der Waals surface area contributed by atoms with Crippen molar-refractivity contribution in [1.29, 1.82) is 0 Å². The predicted molar refractivity (Wildman–Crippen MR) is 97.5 cm³/mol. The van der Waals surface area contributed by atoms with Gasteiger partial charge in [0.2, 0.25) is 0 Å². The maximum atomic E-state index is 13.8. The standard InChI is InChI=1S/C20H25FN4O/c1-22-20(26)18-9-11-25(23-18)16-5-3-10-24(13-16)19-6-2-4-14-7-8-15(21)12-17(14)19/h7-9,11-12,16,19H,2-6,10,13H2,1H3,(H,22,26)/t16-,19-/m1/s1. The van der Waals surface area contributed by atoms with Crippen molar-refractivity contribution in [2.24, 2.45) is 0 Å². The van der Waals surface area contributed by atoms with Gasteiger partial charge in [0.1, 0.15) is 11.5 Å². The number of carbonyl (C=O) groups excluding carboxylic acids is 1. The predicted octanol–water partition coefficient (Wildman–Crippen LogP) is 3.10. The van der Waals surface area contributed by atoms with E-state index in [4.69, 9.17) is 0 Å². The zero-order valence-corrected chi connectivity index (χ0v) is 15.1. The van der Waals surface area contributed by atoms with Crippen molar-refractivity contribution in [2.45, 2.75) is 44.2 Å². The number of hydrogen-bond acceptors (Lipinski definition) is 3. The molecule has 2 atom stereocenters. The van der Waals surface area contributed by atoms with E-state index in [0.717, 1.165) is 50.8 Å². The molecule has 2 aliphatic rings. The Bertz CT molecular complexity index is 803. The molecule has 4 rings (SSSR count). The zero-order valence-electron chi connectivity index (χ0n) is 15.1. The highest BCUT2D eigenvalue weighted by Crippen LogP contribution is 2.37. The van der Waals surface area contributed by atoms with Crippen LogP contribution in [0.2, 0.25) is 0 Å². The Hall–Kier alpha value is -2.21. The quantitative estimate of drug-likeness (QED) is 0.919. The molecule has 6 heteroatoms. The summed E-state index contributed by atoms with van der Waals surface area (Å²) in [6.07, 6.45) is 7.29. The van der Waals surface area contributed by atoms with Crippen molar-refractivity contribution < 1.29 is 9.18 Å². The highest BCUT2D eigenvalue weighted by Gasteiger charge is 2.31. The molecule has 5 nitrogen and oxygen atoms in total. The van der Waals surface area contributed by atoms with Crippen molar-refractivity contribution in [3.63, 3.8) is 0 Å². The van der Waals surface area contributed by atoms with Crippen LogP contribution in [0.4, 0.5) is 4.39 Å². The van der Waals surface area contributed by atoms with E-state index in [1.165, 1.54) is 5.56 Å². The van der Waals surface area contributed by atoms with Crippen molar-refractivity contribution in [3.8, 4) is 0 Å². The summed E-state index contributed by atoms with van der Waals surface area (Å²) < 4.78 is 15.7. The molecule has 1 aromatic heterocycles. The van der Waals surface area contributed by atoms with E-state index in [0.29, 0.717) is 5.69 Å². The van der Waals surface area contributed by atoms with Crippen LogP contribution in [0.15, 0.2) is 30.5 Å². The van der Waals surface area contributed by atoms with Gasteiger partial charge in [0.05, 0.1) is 6.04 Å². The average Bonchev–Trinajstić information content (AvgIpc) is 3.17. The zero-order chi connectivity index (χ0) is 18.1. The molecule has 0 unspecified atom stereocenters. The highest BCUT2D eigenvalue weighted by atomic mass is 19.1. The summed E-state index contributed by atoms with van der Waals surface area (Å²) in [5.41, 5.74) is 2.89. The van der Waals surface area contributed by atoms with Gasteiger partial charge in [-0.3, -0.25) is 14.4 Å². The van der Waals surface area contributed by atoms with Crippen molar-refractivity contribution in [1.82, 2.24) is 20.0 Å². The van der Waals surface area contributed by atoms with E-state index in [2.05, 4.69) is 15.3 Å². The van der Waals surface area contributed by atoms with Crippen LogP contribution in [0.25, 0.3) is 0 Å². The molecule has 1 aliphatic heterocycles. The van der Waals surface area contributed by atoms with Gasteiger partial charge < -0.3 is 5.32 Å². The van der Waals surface area contributed by atoms with Gasteiger partial charge in [-0.15, -0.1) is 0 Å². The first kappa shape index (κ1) is 17.2. The van der Waals surface area contributed by atoms with Gasteiger partial charge in [0.25, 0.3) is 5.91 Å². The van der Waals surface area contributed by atoms with Crippen LogP contribution in [-0.2, 0) is 6.42 Å². The topological polar surface area (TPSA) is 50.2 Å². The van der Waals surface area contributed by atoms with Gasteiger partial charge in [0.15, 0.2) is 0 Å². The Morgan fingerprint density at radius 1 is 1.27 bits per heavy atom. The number of amides is 1. The Morgan fingerprint density at radius 3 is 3.00 bits per heavy atom. The number of fused-ring (bicyclic) bond motifs is 1. The monoisotopic (exact) mass is 356 g/mol. The lowest BCUT2D eigenvalue weighted by Gasteiger charge is -2.41. The molecule has 1 aliphatic carbocycles. The Balaban J connectivity index is 1.54. The molecule has 1 amide bonds. The second kappa shape index (κ2) is 7.19. The number of nitrogens with zero attached hydrogens (tertiary/aromatic N) is 3. The molecule has 0 radical (unpaired) electrons. The minimum atomic E-state index is -0.159. The molecular weight excluding hydrogens is 331 g/mol. The van der Waals surface area contributed by atoms with Crippen LogP contribution < -0.4 is 5.32 Å². The van der Waals surface area contributed by atoms with E-state index >= 15 is 0 Å². The van der Waals surface area contributed by atoms with E-state index in [1.807, 2.05) is 16.9 Å². The van der Waals surface area contributed by atoms with Gasteiger partial charge in [-0.05, 0) is 68.0 Å². The fraction of sp³-hybridized carbons (Fsp3) is 0.500. The van der Waals surface area contributed by atoms with Crippen molar-refractivity contribution >= 4 is 5.91 Å². The normalized spacial score (nSPS) is 23.5. The Kier molecular flexibility index (Phi) is 4.76. The van der Waals surface area contributed by atoms with E-state index in [1.54, 1.807) is 25.2 Å². The summed E-state index contributed by atoms with van der Waals surface area (Å²) in [6.45, 7) is 1.91. The third kappa shape index (κ3) is 3.26. The number of hydrogen-bond donors (Lipinski definition) is 1. The van der Waals surface area contributed by atoms with Gasteiger partial charge in [-0.25, -0.2) is 4.39 Å². The number of aryl methyl sites for hydroxylation is 1. The van der Waals surface area contributed by atoms with Crippen LogP contribution in [0.1, 0.15) is 59.4 Å². The molecule has 138 valence electrons. The minimum Gasteiger partial charge on any atom is -0.354 e. The lowest BCUT2D eigenvalue weighted by atomic mass is 9.85. The number of rotatable bonds is 3. The second-order valence-corrected chi connectivity index (χ2v) is 7.30. The molecule has 0 spiro atoms. The molecule has 0 bridgehead atoms. The van der Waals surface area contributed by atoms with E-state index < -0.39 is 0 Å². The van der Waals surface area contributed by atoms with Crippen LogP contribution >= 0.6 is 0 Å². The Morgan fingerprint density at radius 2 is 2.15 bits per heavy atom. The van der Waals surface area contributed by atoms with Crippen molar-refractivity contribution in [2.75, 3.05) is 20.1 Å². The number of aromatic nitrogens is 2. The second-order valence-electron chi connectivity index (χ2n) is 7.30. The largest absolute Gasteiger partial charge is 0.354 e. The van der Waals surface area contributed by atoms with Crippen LogP contribution in [0.5, 0.6) is 0 Å². The van der Waals surface area contributed by atoms with Crippen LogP contribution in [0.3, 0.4) is 0 Å². The molecule has 1 aromatic carbocycles. The summed E-state index contributed by atoms with van der Waals surface area (Å²) in [4.78, 5) is 14.2. The summed E-state index contributed by atoms with van der Waals surface area (Å²) in [5.74, 6) is -0.306. The lowest BCUT2D eigenvalue weighted by molar-refractivity contribution is 0.0951. The fourth-order valence-electron chi connectivity index (χ4n) is 4.40. The molecule has 1 N–H and O–H groups in total. The minimum absolute atomic E-state index is 0.147. The molecule has 1 saturated heterocycles. The summed E-state index contributed by atoms with van der Waals surface area (Å²) in [7, 11) is 1.61. The Labute approximate surface area is 153 Å². The maximum absolute atomic E-state index is 13.8.